The summed E-state index contributed by atoms with van der Waals surface area (Å²) in [6.07, 6.45) is 114. The summed E-state index contributed by atoms with van der Waals surface area (Å²) in [6, 6.07) is -0.628. The number of carbonyl (C=O) groups excluding carboxylic acids is 2. The van der Waals surface area contributed by atoms with Crippen molar-refractivity contribution < 1.29 is 24.5 Å². The zero-order valence-corrected chi connectivity index (χ0v) is 64.2. The second-order valence-electron chi connectivity index (χ2n) is 29.5. The molecule has 6 nitrogen and oxygen atoms in total. The number of hydrogen-bond donors (Lipinski definition) is 3. The highest BCUT2D eigenvalue weighted by atomic mass is 16.5. The number of hydrogen-bond acceptors (Lipinski definition) is 5. The molecule has 0 spiro atoms. The van der Waals surface area contributed by atoms with Gasteiger partial charge in [-0.1, -0.05) is 428 Å². The lowest BCUT2D eigenvalue weighted by atomic mass is 10.0. The molecule has 0 rings (SSSR count). The Bertz CT molecular complexity index is 1630. The molecular weight excluding hydrogens is 1160 g/mol. The van der Waals surface area contributed by atoms with Gasteiger partial charge in [0.25, 0.3) is 0 Å². The second-order valence-corrected chi connectivity index (χ2v) is 29.5. The van der Waals surface area contributed by atoms with Crippen molar-refractivity contribution in [3.05, 3.63) is 60.8 Å². The maximum Gasteiger partial charge on any atom is 0.305 e. The lowest BCUT2D eigenvalue weighted by molar-refractivity contribution is -0.143. The second kappa shape index (κ2) is 84.0. The van der Waals surface area contributed by atoms with Crippen molar-refractivity contribution in [3.63, 3.8) is 0 Å². The van der Waals surface area contributed by atoms with Gasteiger partial charge in [-0.25, -0.2) is 0 Å². The van der Waals surface area contributed by atoms with Crippen LogP contribution < -0.4 is 5.32 Å². The molecule has 0 bridgehead atoms. The van der Waals surface area contributed by atoms with E-state index in [-0.39, 0.29) is 18.5 Å². The Hall–Kier alpha value is -2.44. The van der Waals surface area contributed by atoms with Crippen LogP contribution in [0.15, 0.2) is 60.8 Å². The van der Waals surface area contributed by atoms with Gasteiger partial charge in [-0.05, 0) is 89.9 Å². The highest BCUT2D eigenvalue weighted by Gasteiger charge is 2.18. The smallest absolute Gasteiger partial charge is 0.305 e. The number of rotatable bonds is 81. The van der Waals surface area contributed by atoms with Crippen molar-refractivity contribution in [1.29, 1.82) is 0 Å². The highest BCUT2D eigenvalue weighted by Crippen LogP contribution is 2.20. The largest absolute Gasteiger partial charge is 0.466 e. The van der Waals surface area contributed by atoms with Crippen molar-refractivity contribution in [3.8, 4) is 0 Å². The third-order valence-corrected chi connectivity index (χ3v) is 20.0. The molecule has 0 saturated carbocycles. The zero-order chi connectivity index (χ0) is 68.4. The van der Waals surface area contributed by atoms with E-state index in [1.807, 2.05) is 6.08 Å². The predicted octanol–water partition coefficient (Wildman–Crippen LogP) is 28.9. The lowest BCUT2D eigenvalue weighted by Crippen LogP contribution is -2.45. The van der Waals surface area contributed by atoms with Crippen LogP contribution in [-0.2, 0) is 14.3 Å². The lowest BCUT2D eigenvalue weighted by Gasteiger charge is -2.20. The van der Waals surface area contributed by atoms with Crippen molar-refractivity contribution in [1.82, 2.24) is 5.32 Å². The molecule has 0 aromatic carbocycles. The van der Waals surface area contributed by atoms with Crippen molar-refractivity contribution in [2.75, 3.05) is 13.2 Å². The number of carbonyl (C=O) groups is 2. The normalized spacial score (nSPS) is 12.8. The van der Waals surface area contributed by atoms with E-state index in [9.17, 15) is 19.8 Å². The Kier molecular flexibility index (Phi) is 81.8. The number of allylic oxidation sites excluding steroid dienone is 9. The molecule has 0 aromatic heterocycles. The first-order valence-electron chi connectivity index (χ1n) is 43.1. The van der Waals surface area contributed by atoms with Gasteiger partial charge in [-0.15, -0.1) is 0 Å². The average Bonchev–Trinajstić information content (AvgIpc) is 3.11. The van der Waals surface area contributed by atoms with Gasteiger partial charge in [0.15, 0.2) is 0 Å². The first-order chi connectivity index (χ1) is 47.0. The van der Waals surface area contributed by atoms with E-state index in [2.05, 4.69) is 67.8 Å². The molecule has 0 aliphatic heterocycles. The van der Waals surface area contributed by atoms with Gasteiger partial charge >= 0.3 is 5.97 Å². The third kappa shape index (κ3) is 80.4. The SMILES string of the molecule is CCCC/C=C\C/C=C\CCCCCCCC(=O)OCCCCCCCCCCCCCCCCC/C=C\C/C=C\CCCCCCCCCCCCCCCCCCCC(=O)NC(CO)C(O)/C=C/CCCCCCCCCCCCCCCCCCCCCCCCC. The first kappa shape index (κ1) is 92.6. The Morgan fingerprint density at radius 1 is 0.295 bits per heavy atom. The molecule has 0 heterocycles. The number of ether oxygens (including phenoxy) is 1. The Morgan fingerprint density at radius 3 is 0.832 bits per heavy atom. The van der Waals surface area contributed by atoms with Crippen LogP contribution in [0.4, 0.5) is 0 Å². The van der Waals surface area contributed by atoms with Gasteiger partial charge < -0.3 is 20.3 Å². The molecule has 2 atom stereocenters. The summed E-state index contributed by atoms with van der Waals surface area (Å²) in [5.41, 5.74) is 0. The minimum atomic E-state index is -0.845. The van der Waals surface area contributed by atoms with E-state index >= 15 is 0 Å². The van der Waals surface area contributed by atoms with Crippen LogP contribution in [0.1, 0.15) is 470 Å². The molecule has 2 unspecified atom stereocenters. The van der Waals surface area contributed by atoms with Gasteiger partial charge in [0, 0.05) is 12.8 Å². The van der Waals surface area contributed by atoms with E-state index < -0.39 is 12.1 Å². The van der Waals surface area contributed by atoms with E-state index in [0.29, 0.717) is 19.4 Å². The monoisotopic (exact) mass is 1330 g/mol. The van der Waals surface area contributed by atoms with Gasteiger partial charge in [0.05, 0.1) is 25.4 Å². The van der Waals surface area contributed by atoms with Crippen LogP contribution in [-0.4, -0.2) is 47.4 Å². The summed E-state index contributed by atoms with van der Waals surface area (Å²) < 4.78 is 5.49. The van der Waals surface area contributed by atoms with Crippen molar-refractivity contribution in [2.45, 2.75) is 482 Å². The molecular formula is C89H167NO5. The van der Waals surface area contributed by atoms with Gasteiger partial charge in [-0.2, -0.15) is 0 Å². The molecule has 6 heteroatoms. The maximum absolute atomic E-state index is 12.6. The molecule has 0 aromatic rings. The Balaban J connectivity index is 3.38. The first-order valence-corrected chi connectivity index (χ1v) is 43.1. The fourth-order valence-electron chi connectivity index (χ4n) is 13.5. The van der Waals surface area contributed by atoms with Crippen molar-refractivity contribution in [2.24, 2.45) is 0 Å². The predicted molar refractivity (Wildman–Crippen MR) is 421 cm³/mol. The molecule has 0 aliphatic rings. The third-order valence-electron chi connectivity index (χ3n) is 20.0. The van der Waals surface area contributed by atoms with Crippen LogP contribution in [0, 0.1) is 0 Å². The van der Waals surface area contributed by atoms with E-state index in [4.69, 9.17) is 4.74 Å². The van der Waals surface area contributed by atoms with E-state index in [1.165, 1.54) is 385 Å². The van der Waals surface area contributed by atoms with Gasteiger partial charge in [0.1, 0.15) is 0 Å². The molecule has 3 N–H and O–H groups in total. The molecule has 1 amide bonds. The standard InChI is InChI=1S/C89H167NO5/c1-3-5-7-9-11-13-15-17-19-20-21-22-23-39-42-45-48-51-54-57-61-65-69-73-77-81-87(92)86(85-91)90-88(93)82-78-74-70-66-62-58-55-52-49-46-43-40-37-35-33-31-29-27-25-24-26-28-30-32-34-36-38-41-44-47-50-53-56-60-64-68-72-76-80-84-95-89(94)83-79-75-71-67-63-59-18-16-14-12-10-8-6-4-2/h10,12,16,18,24-25,28,30,77,81,86-87,91-92H,3-9,11,13-15,17,19-23,26-27,29,31-76,78-80,82-85H2,1-2H3,(H,90,93)/b12-10-,18-16-,25-24-,30-28-,81-77+. The Morgan fingerprint density at radius 2 is 0.537 bits per heavy atom. The minimum Gasteiger partial charge on any atom is -0.466 e. The maximum atomic E-state index is 12.6. The van der Waals surface area contributed by atoms with Crippen molar-refractivity contribution >= 4 is 11.9 Å². The molecule has 558 valence electrons. The summed E-state index contributed by atoms with van der Waals surface area (Å²) in [4.78, 5) is 24.6. The number of unbranched alkanes of at least 4 members (excludes halogenated alkanes) is 62. The summed E-state index contributed by atoms with van der Waals surface area (Å²) in [5.74, 6) is -0.0542. The van der Waals surface area contributed by atoms with Crippen LogP contribution in [0.5, 0.6) is 0 Å². The summed E-state index contributed by atoms with van der Waals surface area (Å²) >= 11 is 0. The number of esters is 1. The Labute approximate surface area is 594 Å². The fraction of sp³-hybridized carbons (Fsp3) is 0.865. The van der Waals surface area contributed by atoms with Crippen LogP contribution in [0.2, 0.25) is 0 Å². The molecule has 0 saturated heterocycles. The number of amides is 1. The van der Waals surface area contributed by atoms with Gasteiger partial charge in [-0.3, -0.25) is 9.59 Å². The van der Waals surface area contributed by atoms with E-state index in [1.54, 1.807) is 6.08 Å². The van der Waals surface area contributed by atoms with E-state index in [0.717, 1.165) is 57.8 Å². The quantitative estimate of drug-likeness (QED) is 0.0320. The summed E-state index contributed by atoms with van der Waals surface area (Å²) in [5, 5.41) is 23.3. The van der Waals surface area contributed by atoms with Crippen LogP contribution in [0.3, 0.4) is 0 Å². The topological polar surface area (TPSA) is 95.9 Å². The highest BCUT2D eigenvalue weighted by molar-refractivity contribution is 5.76. The van der Waals surface area contributed by atoms with Crippen LogP contribution >= 0.6 is 0 Å². The van der Waals surface area contributed by atoms with Gasteiger partial charge in [0.2, 0.25) is 5.91 Å². The number of aliphatic hydroxyl groups is 2. The molecule has 0 radical (unpaired) electrons. The zero-order valence-electron chi connectivity index (χ0n) is 64.2. The number of aliphatic hydroxyl groups excluding tert-OH is 2. The average molecular weight is 1330 g/mol. The molecule has 95 heavy (non-hydrogen) atoms. The van der Waals surface area contributed by atoms with Crippen LogP contribution in [0.25, 0.3) is 0 Å². The minimum absolute atomic E-state index is 0.00576. The molecule has 0 aliphatic carbocycles. The fourth-order valence-corrected chi connectivity index (χ4v) is 13.5. The summed E-state index contributed by atoms with van der Waals surface area (Å²) in [6.45, 7) is 4.90. The number of nitrogens with one attached hydrogen (secondary N) is 1. The summed E-state index contributed by atoms with van der Waals surface area (Å²) in [7, 11) is 0. The molecule has 0 fully saturated rings.